The molecule has 0 bridgehead atoms. The Balaban J connectivity index is 2.33. The Morgan fingerprint density at radius 1 is 1.83 bits per heavy atom. The molecule has 0 radical (unpaired) electrons. The summed E-state index contributed by atoms with van der Waals surface area (Å²) >= 11 is 4.65. The summed E-state index contributed by atoms with van der Waals surface area (Å²) in [5, 5.41) is 10.8. The molecule has 1 rings (SSSR count). The number of nitrogens with one attached hydrogen (secondary N) is 1. The quantitative estimate of drug-likeness (QED) is 0.603. The Bertz CT molecular complexity index is 269. The summed E-state index contributed by atoms with van der Waals surface area (Å²) in [6, 6.07) is 0. The average molecular weight is 185 g/mol. The molecule has 0 saturated heterocycles. The zero-order valence-corrected chi connectivity index (χ0v) is 7.64. The van der Waals surface area contributed by atoms with Gasteiger partial charge in [-0.2, -0.15) is 0 Å². The second kappa shape index (κ2) is 4.01. The van der Waals surface area contributed by atoms with Gasteiger partial charge in [0, 0.05) is 20.0 Å². The number of thiocarbonyl (C=S) groups is 1. The van der Waals surface area contributed by atoms with Crippen LogP contribution in [0.5, 0.6) is 0 Å². The van der Waals surface area contributed by atoms with Crippen LogP contribution < -0.4 is 11.1 Å². The minimum atomic E-state index is 0.317. The summed E-state index contributed by atoms with van der Waals surface area (Å²) in [6.45, 7) is 0.696. The normalized spacial score (nSPS) is 9.75. The topological polar surface area (TPSA) is 68.8 Å². The molecule has 12 heavy (non-hydrogen) atoms. The molecule has 1 aromatic heterocycles. The minimum absolute atomic E-state index is 0.317. The highest BCUT2D eigenvalue weighted by Gasteiger charge is 1.98. The molecule has 5 nitrogen and oxygen atoms in total. The molecular formula is C6H11N5S. The molecule has 0 aliphatic heterocycles. The van der Waals surface area contributed by atoms with Gasteiger partial charge >= 0.3 is 0 Å². The third-order valence-corrected chi connectivity index (χ3v) is 1.60. The van der Waals surface area contributed by atoms with Crippen molar-refractivity contribution in [3.8, 4) is 0 Å². The Morgan fingerprint density at radius 2 is 2.58 bits per heavy atom. The van der Waals surface area contributed by atoms with E-state index in [1.54, 1.807) is 6.33 Å². The molecule has 0 fully saturated rings. The van der Waals surface area contributed by atoms with Gasteiger partial charge in [0.2, 0.25) is 0 Å². The molecule has 0 saturated carbocycles. The third-order valence-electron chi connectivity index (χ3n) is 1.45. The van der Waals surface area contributed by atoms with Crippen molar-refractivity contribution in [1.29, 1.82) is 0 Å². The lowest BCUT2D eigenvalue weighted by atomic mass is 10.4. The van der Waals surface area contributed by atoms with Crippen LogP contribution in [0.4, 0.5) is 0 Å². The van der Waals surface area contributed by atoms with E-state index in [1.807, 2.05) is 11.6 Å². The van der Waals surface area contributed by atoms with E-state index in [9.17, 15) is 0 Å². The molecule has 0 aliphatic carbocycles. The molecule has 0 amide bonds. The standard InChI is InChI=1S/C6H11N5S/c1-11-4-9-10-5(11)2-3-8-6(7)12/h4H,2-3H2,1H3,(H3,7,8,12). The molecular weight excluding hydrogens is 174 g/mol. The smallest absolute Gasteiger partial charge is 0.163 e. The van der Waals surface area contributed by atoms with Crippen LogP contribution in [0, 0.1) is 0 Å². The van der Waals surface area contributed by atoms with E-state index < -0.39 is 0 Å². The molecule has 0 atom stereocenters. The second-order valence-electron chi connectivity index (χ2n) is 2.40. The molecule has 3 N–H and O–H groups in total. The number of aromatic nitrogens is 3. The van der Waals surface area contributed by atoms with Gasteiger partial charge in [0.1, 0.15) is 12.2 Å². The number of hydrogen-bond acceptors (Lipinski definition) is 3. The molecule has 6 heteroatoms. The van der Waals surface area contributed by atoms with E-state index in [-0.39, 0.29) is 0 Å². The van der Waals surface area contributed by atoms with Crippen LogP contribution in [0.25, 0.3) is 0 Å². The Labute approximate surface area is 76.0 Å². The fraction of sp³-hybridized carbons (Fsp3) is 0.500. The van der Waals surface area contributed by atoms with Crippen LogP contribution in [0.2, 0.25) is 0 Å². The lowest BCUT2D eigenvalue weighted by Gasteiger charge is -2.02. The van der Waals surface area contributed by atoms with E-state index in [0.717, 1.165) is 12.2 Å². The van der Waals surface area contributed by atoms with Crippen molar-refractivity contribution in [3.63, 3.8) is 0 Å². The van der Waals surface area contributed by atoms with Gasteiger partial charge in [0.05, 0.1) is 0 Å². The SMILES string of the molecule is Cn1cnnc1CCNC(N)=S. The van der Waals surface area contributed by atoms with Gasteiger partial charge in [0.15, 0.2) is 5.11 Å². The van der Waals surface area contributed by atoms with Crippen molar-refractivity contribution >= 4 is 17.3 Å². The fourth-order valence-corrected chi connectivity index (χ4v) is 0.933. The van der Waals surface area contributed by atoms with Crippen LogP contribution >= 0.6 is 12.2 Å². The van der Waals surface area contributed by atoms with Crippen molar-refractivity contribution in [2.45, 2.75) is 6.42 Å². The van der Waals surface area contributed by atoms with Gasteiger partial charge in [-0.25, -0.2) is 0 Å². The van der Waals surface area contributed by atoms with Crippen molar-refractivity contribution in [2.24, 2.45) is 12.8 Å². The van der Waals surface area contributed by atoms with Crippen LogP contribution in [0.1, 0.15) is 5.82 Å². The van der Waals surface area contributed by atoms with E-state index in [4.69, 9.17) is 5.73 Å². The van der Waals surface area contributed by atoms with Gasteiger partial charge in [-0.3, -0.25) is 0 Å². The van der Waals surface area contributed by atoms with Gasteiger partial charge in [-0.05, 0) is 12.2 Å². The Kier molecular flexibility index (Phi) is 2.98. The van der Waals surface area contributed by atoms with Crippen LogP contribution in [0.15, 0.2) is 6.33 Å². The number of hydrogen-bond donors (Lipinski definition) is 2. The molecule has 0 spiro atoms. The van der Waals surface area contributed by atoms with Crippen LogP contribution in [-0.2, 0) is 13.5 Å². The number of rotatable bonds is 3. The minimum Gasteiger partial charge on any atom is -0.376 e. The highest BCUT2D eigenvalue weighted by Crippen LogP contribution is 1.90. The van der Waals surface area contributed by atoms with Crippen LogP contribution in [0.3, 0.4) is 0 Å². The predicted molar refractivity (Wildman–Crippen MR) is 49.5 cm³/mol. The first-order valence-corrected chi connectivity index (χ1v) is 3.97. The average Bonchev–Trinajstić information content (AvgIpc) is 2.36. The third kappa shape index (κ3) is 2.46. The number of aryl methyl sites for hydroxylation is 1. The van der Waals surface area contributed by atoms with E-state index in [0.29, 0.717) is 11.7 Å². The first-order chi connectivity index (χ1) is 5.70. The molecule has 1 aromatic rings. The highest BCUT2D eigenvalue weighted by atomic mass is 32.1. The van der Waals surface area contributed by atoms with Gasteiger partial charge in [-0.1, -0.05) is 0 Å². The van der Waals surface area contributed by atoms with E-state index in [1.165, 1.54) is 0 Å². The predicted octanol–water partition coefficient (Wildman–Crippen LogP) is -0.809. The number of nitrogens with zero attached hydrogens (tertiary/aromatic N) is 3. The van der Waals surface area contributed by atoms with Crippen molar-refractivity contribution in [3.05, 3.63) is 12.2 Å². The summed E-state index contributed by atoms with van der Waals surface area (Å²) in [7, 11) is 1.90. The maximum Gasteiger partial charge on any atom is 0.163 e. The maximum absolute atomic E-state index is 5.25. The van der Waals surface area contributed by atoms with Crippen molar-refractivity contribution in [2.75, 3.05) is 6.54 Å². The summed E-state index contributed by atoms with van der Waals surface area (Å²) in [4.78, 5) is 0. The molecule has 66 valence electrons. The first-order valence-electron chi connectivity index (χ1n) is 3.56. The second-order valence-corrected chi connectivity index (χ2v) is 2.84. The molecule has 0 unspecified atom stereocenters. The van der Waals surface area contributed by atoms with Gasteiger partial charge < -0.3 is 15.6 Å². The molecule has 0 aromatic carbocycles. The summed E-state index contributed by atoms with van der Waals surface area (Å²) < 4.78 is 1.86. The number of nitrogens with two attached hydrogens (primary N) is 1. The Morgan fingerprint density at radius 3 is 3.08 bits per heavy atom. The lowest BCUT2D eigenvalue weighted by molar-refractivity contribution is 0.748. The monoisotopic (exact) mass is 185 g/mol. The van der Waals surface area contributed by atoms with Crippen LogP contribution in [-0.4, -0.2) is 26.4 Å². The van der Waals surface area contributed by atoms with E-state index in [2.05, 4.69) is 27.7 Å². The zero-order chi connectivity index (χ0) is 8.97. The van der Waals surface area contributed by atoms with Crippen molar-refractivity contribution < 1.29 is 0 Å². The summed E-state index contributed by atoms with van der Waals surface area (Å²) in [6.07, 6.45) is 2.43. The zero-order valence-electron chi connectivity index (χ0n) is 6.82. The first kappa shape index (κ1) is 8.92. The molecule has 0 aliphatic rings. The molecule has 1 heterocycles. The fourth-order valence-electron chi connectivity index (χ4n) is 0.831. The highest BCUT2D eigenvalue weighted by molar-refractivity contribution is 7.80. The Hall–Kier alpha value is -1.17. The lowest BCUT2D eigenvalue weighted by Crippen LogP contribution is -2.31. The van der Waals surface area contributed by atoms with Gasteiger partial charge in [-0.15, -0.1) is 10.2 Å². The summed E-state index contributed by atoms with van der Waals surface area (Å²) in [5.74, 6) is 0.916. The summed E-state index contributed by atoms with van der Waals surface area (Å²) in [5.41, 5.74) is 5.25. The largest absolute Gasteiger partial charge is 0.376 e. The van der Waals surface area contributed by atoms with E-state index >= 15 is 0 Å². The van der Waals surface area contributed by atoms with Gasteiger partial charge in [0.25, 0.3) is 0 Å². The van der Waals surface area contributed by atoms with Crippen molar-refractivity contribution in [1.82, 2.24) is 20.1 Å². The maximum atomic E-state index is 5.25.